The standard InChI is InChI=1S/C17H27N5O3/c1-25-16(24)17(8-4-2-3-5-9-17)19-15(23)14-12-22(21-20-14)13-6-10-18-11-7-13/h12-13,18H,2-11H2,1H3,(H,19,23). The second-order valence-electron chi connectivity index (χ2n) is 7.01. The summed E-state index contributed by atoms with van der Waals surface area (Å²) >= 11 is 0. The quantitative estimate of drug-likeness (QED) is 0.626. The highest BCUT2D eigenvalue weighted by Gasteiger charge is 2.41. The molecule has 1 aromatic rings. The second-order valence-corrected chi connectivity index (χ2v) is 7.01. The van der Waals surface area contributed by atoms with Gasteiger partial charge in [-0.1, -0.05) is 30.9 Å². The molecule has 0 atom stereocenters. The van der Waals surface area contributed by atoms with Gasteiger partial charge < -0.3 is 15.4 Å². The molecule has 1 saturated heterocycles. The van der Waals surface area contributed by atoms with Crippen LogP contribution in [0.1, 0.15) is 67.9 Å². The molecule has 25 heavy (non-hydrogen) atoms. The second kappa shape index (κ2) is 7.95. The van der Waals surface area contributed by atoms with E-state index in [-0.39, 0.29) is 23.6 Å². The maximum absolute atomic E-state index is 12.7. The van der Waals surface area contributed by atoms with E-state index in [0.717, 1.165) is 51.6 Å². The van der Waals surface area contributed by atoms with Crippen LogP contribution in [-0.4, -0.2) is 52.6 Å². The Morgan fingerprint density at radius 3 is 2.56 bits per heavy atom. The zero-order valence-electron chi connectivity index (χ0n) is 14.8. The summed E-state index contributed by atoms with van der Waals surface area (Å²) in [6.07, 6.45) is 8.77. The van der Waals surface area contributed by atoms with E-state index in [2.05, 4.69) is 20.9 Å². The first kappa shape index (κ1) is 17.8. The molecule has 2 aliphatic rings. The highest BCUT2D eigenvalue weighted by atomic mass is 16.5. The van der Waals surface area contributed by atoms with Crippen LogP contribution >= 0.6 is 0 Å². The Kier molecular flexibility index (Phi) is 5.67. The Labute approximate surface area is 147 Å². The summed E-state index contributed by atoms with van der Waals surface area (Å²) in [6, 6.07) is 0.266. The van der Waals surface area contributed by atoms with Gasteiger partial charge in [-0.15, -0.1) is 5.10 Å². The Morgan fingerprint density at radius 1 is 1.24 bits per heavy atom. The molecular weight excluding hydrogens is 322 g/mol. The molecular formula is C17H27N5O3. The maximum Gasteiger partial charge on any atom is 0.331 e. The van der Waals surface area contributed by atoms with Gasteiger partial charge in [-0.25, -0.2) is 9.48 Å². The molecule has 2 N–H and O–H groups in total. The molecule has 8 nitrogen and oxygen atoms in total. The zero-order valence-corrected chi connectivity index (χ0v) is 14.8. The number of nitrogens with one attached hydrogen (secondary N) is 2. The normalized spacial score (nSPS) is 21.3. The van der Waals surface area contributed by atoms with Gasteiger partial charge in [0.15, 0.2) is 5.69 Å². The summed E-state index contributed by atoms with van der Waals surface area (Å²) in [5.41, 5.74) is -0.688. The molecule has 1 aliphatic heterocycles. The predicted molar refractivity (Wildman–Crippen MR) is 91.1 cm³/mol. The summed E-state index contributed by atoms with van der Waals surface area (Å²) < 4.78 is 6.76. The van der Waals surface area contributed by atoms with E-state index in [1.54, 1.807) is 10.9 Å². The average Bonchev–Trinajstić information content (AvgIpc) is 3.03. The van der Waals surface area contributed by atoms with Crippen molar-refractivity contribution in [1.29, 1.82) is 0 Å². The van der Waals surface area contributed by atoms with Crippen molar-refractivity contribution in [2.24, 2.45) is 0 Å². The van der Waals surface area contributed by atoms with Gasteiger partial charge in [0.25, 0.3) is 5.91 Å². The fourth-order valence-corrected chi connectivity index (χ4v) is 3.82. The van der Waals surface area contributed by atoms with Crippen LogP contribution in [0.2, 0.25) is 0 Å². The van der Waals surface area contributed by atoms with E-state index in [1.165, 1.54) is 7.11 Å². The van der Waals surface area contributed by atoms with E-state index in [0.29, 0.717) is 12.8 Å². The van der Waals surface area contributed by atoms with Crippen LogP contribution in [0.5, 0.6) is 0 Å². The van der Waals surface area contributed by atoms with Gasteiger partial charge in [-0.05, 0) is 38.8 Å². The summed E-state index contributed by atoms with van der Waals surface area (Å²) in [4.78, 5) is 25.1. The minimum atomic E-state index is -0.944. The zero-order chi connectivity index (χ0) is 17.7. The molecule has 138 valence electrons. The van der Waals surface area contributed by atoms with Crippen LogP contribution in [0.15, 0.2) is 6.20 Å². The van der Waals surface area contributed by atoms with Crippen LogP contribution in [0, 0.1) is 0 Å². The summed E-state index contributed by atoms with van der Waals surface area (Å²) in [7, 11) is 1.37. The van der Waals surface area contributed by atoms with Gasteiger partial charge in [0, 0.05) is 0 Å². The number of ether oxygens (including phenoxy) is 1. The van der Waals surface area contributed by atoms with Gasteiger partial charge in [0.1, 0.15) is 5.54 Å². The van der Waals surface area contributed by atoms with Crippen molar-refractivity contribution in [2.45, 2.75) is 62.9 Å². The Balaban J connectivity index is 1.72. The van der Waals surface area contributed by atoms with Crippen molar-refractivity contribution in [3.8, 4) is 0 Å². The van der Waals surface area contributed by atoms with Crippen molar-refractivity contribution in [2.75, 3.05) is 20.2 Å². The number of nitrogens with zero attached hydrogens (tertiary/aromatic N) is 3. The van der Waals surface area contributed by atoms with Crippen LogP contribution < -0.4 is 10.6 Å². The Morgan fingerprint density at radius 2 is 1.92 bits per heavy atom. The lowest BCUT2D eigenvalue weighted by Crippen LogP contribution is -2.54. The van der Waals surface area contributed by atoms with E-state index in [9.17, 15) is 9.59 Å². The Bertz CT molecular complexity index is 601. The summed E-state index contributed by atoms with van der Waals surface area (Å²) in [5, 5.41) is 14.4. The van der Waals surface area contributed by atoms with Crippen molar-refractivity contribution >= 4 is 11.9 Å². The topological polar surface area (TPSA) is 98.1 Å². The van der Waals surface area contributed by atoms with E-state index < -0.39 is 5.54 Å². The molecule has 1 amide bonds. The molecule has 0 unspecified atom stereocenters. The monoisotopic (exact) mass is 349 g/mol. The lowest BCUT2D eigenvalue weighted by Gasteiger charge is -2.30. The molecule has 0 spiro atoms. The molecule has 1 aliphatic carbocycles. The predicted octanol–water partition coefficient (Wildman–Crippen LogP) is 1.20. The SMILES string of the molecule is COC(=O)C1(NC(=O)c2cn(C3CCNCC3)nn2)CCCCCC1. The number of methoxy groups -OCH3 is 1. The lowest BCUT2D eigenvalue weighted by atomic mass is 9.90. The first-order valence-corrected chi connectivity index (χ1v) is 9.18. The molecule has 1 saturated carbocycles. The third kappa shape index (κ3) is 4.00. The smallest absolute Gasteiger partial charge is 0.331 e. The molecule has 3 rings (SSSR count). The van der Waals surface area contributed by atoms with Gasteiger partial charge in [0.05, 0.1) is 19.3 Å². The minimum Gasteiger partial charge on any atom is -0.467 e. The molecule has 2 heterocycles. The maximum atomic E-state index is 12.7. The van der Waals surface area contributed by atoms with Crippen LogP contribution in [0.4, 0.5) is 0 Å². The van der Waals surface area contributed by atoms with Crippen molar-refractivity contribution in [3.63, 3.8) is 0 Å². The van der Waals surface area contributed by atoms with E-state index in [1.807, 2.05) is 0 Å². The first-order valence-electron chi connectivity index (χ1n) is 9.18. The van der Waals surface area contributed by atoms with Crippen molar-refractivity contribution in [1.82, 2.24) is 25.6 Å². The molecule has 2 fully saturated rings. The fraction of sp³-hybridized carbons (Fsp3) is 0.765. The van der Waals surface area contributed by atoms with Crippen LogP contribution in [-0.2, 0) is 9.53 Å². The number of rotatable bonds is 4. The van der Waals surface area contributed by atoms with E-state index >= 15 is 0 Å². The molecule has 0 radical (unpaired) electrons. The van der Waals surface area contributed by atoms with Crippen LogP contribution in [0.3, 0.4) is 0 Å². The fourth-order valence-electron chi connectivity index (χ4n) is 3.82. The number of esters is 1. The third-order valence-electron chi connectivity index (χ3n) is 5.31. The lowest BCUT2D eigenvalue weighted by molar-refractivity contribution is -0.148. The number of carbonyl (C=O) groups excluding carboxylic acids is 2. The van der Waals surface area contributed by atoms with Crippen LogP contribution in [0.25, 0.3) is 0 Å². The highest BCUT2D eigenvalue weighted by molar-refractivity contribution is 5.96. The average molecular weight is 349 g/mol. The van der Waals surface area contributed by atoms with E-state index in [4.69, 9.17) is 4.74 Å². The molecule has 0 bridgehead atoms. The number of hydrogen-bond acceptors (Lipinski definition) is 6. The Hall–Kier alpha value is -1.96. The van der Waals surface area contributed by atoms with Gasteiger partial charge >= 0.3 is 5.97 Å². The number of carbonyl (C=O) groups is 2. The third-order valence-corrected chi connectivity index (χ3v) is 5.31. The summed E-state index contributed by atoms with van der Waals surface area (Å²) in [6.45, 7) is 1.88. The number of hydrogen-bond donors (Lipinski definition) is 2. The van der Waals surface area contributed by atoms with Gasteiger partial charge in [-0.2, -0.15) is 0 Å². The minimum absolute atomic E-state index is 0.256. The number of amides is 1. The number of piperidine rings is 1. The number of aromatic nitrogens is 3. The van der Waals surface area contributed by atoms with Gasteiger partial charge in [0.2, 0.25) is 0 Å². The summed E-state index contributed by atoms with van der Waals surface area (Å²) in [5.74, 6) is -0.721. The van der Waals surface area contributed by atoms with Gasteiger partial charge in [-0.3, -0.25) is 4.79 Å². The van der Waals surface area contributed by atoms with Crippen molar-refractivity contribution < 1.29 is 14.3 Å². The molecule has 1 aromatic heterocycles. The molecule has 8 heteroatoms. The van der Waals surface area contributed by atoms with Crippen molar-refractivity contribution in [3.05, 3.63) is 11.9 Å². The highest BCUT2D eigenvalue weighted by Crippen LogP contribution is 2.29. The molecule has 0 aromatic carbocycles. The largest absolute Gasteiger partial charge is 0.467 e. The first-order chi connectivity index (χ1) is 12.1.